The zero-order valence-electron chi connectivity index (χ0n) is 21.2. The molecule has 0 aliphatic heterocycles. The summed E-state index contributed by atoms with van der Waals surface area (Å²) in [6, 6.07) is 17.0. The summed E-state index contributed by atoms with van der Waals surface area (Å²) in [7, 11) is 1.61. The number of ketones is 1. The van der Waals surface area contributed by atoms with E-state index in [1.165, 1.54) is 0 Å². The van der Waals surface area contributed by atoms with Gasteiger partial charge < -0.3 is 19.7 Å². The Morgan fingerprint density at radius 1 is 1.03 bits per heavy atom. The molecule has 0 saturated carbocycles. The van der Waals surface area contributed by atoms with Crippen molar-refractivity contribution in [3.05, 3.63) is 77.9 Å². The molecule has 3 aromatic carbocycles. The summed E-state index contributed by atoms with van der Waals surface area (Å²) in [5, 5.41) is 22.5. The molecule has 5 heteroatoms. The summed E-state index contributed by atoms with van der Waals surface area (Å²) in [5.41, 5.74) is 0.988. The zero-order chi connectivity index (χ0) is 25.5. The third-order valence-corrected chi connectivity index (χ3v) is 6.99. The normalized spacial score (nSPS) is 19.4. The molecule has 0 saturated heterocycles. The van der Waals surface area contributed by atoms with Gasteiger partial charge in [-0.1, -0.05) is 49.8 Å². The van der Waals surface area contributed by atoms with Gasteiger partial charge in [0.25, 0.3) is 0 Å². The molecule has 0 amide bonds. The number of hydrogen-bond donors (Lipinski definition) is 2. The lowest BCUT2D eigenvalue weighted by Crippen LogP contribution is -2.32. The van der Waals surface area contributed by atoms with E-state index in [0.717, 1.165) is 41.2 Å². The highest BCUT2D eigenvalue weighted by molar-refractivity contribution is 5.84. The quantitative estimate of drug-likeness (QED) is 0.300. The summed E-state index contributed by atoms with van der Waals surface area (Å²) in [5.74, 6) is 2.10. The number of hydrogen-bond acceptors (Lipinski definition) is 5. The summed E-state index contributed by atoms with van der Waals surface area (Å²) in [4.78, 5) is 12.7. The van der Waals surface area contributed by atoms with Gasteiger partial charge in [-0.3, -0.25) is 4.79 Å². The Balaban J connectivity index is 1.35. The number of ether oxygens (including phenoxy) is 2. The van der Waals surface area contributed by atoms with Crippen molar-refractivity contribution in [2.24, 2.45) is 5.92 Å². The summed E-state index contributed by atoms with van der Waals surface area (Å²) >= 11 is 0. The maximum absolute atomic E-state index is 12.7. The van der Waals surface area contributed by atoms with E-state index in [0.29, 0.717) is 43.3 Å². The topological polar surface area (TPSA) is 76.0 Å². The minimum absolute atomic E-state index is 0.0663. The number of allylic oxidation sites excluding steroid dienone is 1. The number of fused-ring (bicyclic) bond motifs is 1. The molecular weight excluding hydrogens is 452 g/mol. The van der Waals surface area contributed by atoms with Gasteiger partial charge in [0.1, 0.15) is 18.1 Å². The number of methoxy groups -OCH3 is 1. The summed E-state index contributed by atoms with van der Waals surface area (Å²) < 4.78 is 11.6. The monoisotopic (exact) mass is 488 g/mol. The van der Waals surface area contributed by atoms with Crippen LogP contribution in [0.5, 0.6) is 17.2 Å². The van der Waals surface area contributed by atoms with Gasteiger partial charge in [0.15, 0.2) is 11.5 Å². The van der Waals surface area contributed by atoms with Crippen molar-refractivity contribution in [3.8, 4) is 17.2 Å². The van der Waals surface area contributed by atoms with Crippen LogP contribution in [0.25, 0.3) is 10.8 Å². The van der Waals surface area contributed by atoms with Gasteiger partial charge in [-0.2, -0.15) is 0 Å². The first-order valence-electron chi connectivity index (χ1n) is 12.8. The van der Waals surface area contributed by atoms with Gasteiger partial charge in [0.2, 0.25) is 0 Å². The maximum atomic E-state index is 12.7. The first-order valence-corrected chi connectivity index (χ1v) is 12.8. The second kappa shape index (κ2) is 11.6. The van der Waals surface area contributed by atoms with Crippen LogP contribution in [0.2, 0.25) is 0 Å². The molecule has 0 fully saturated rings. The predicted molar refractivity (Wildman–Crippen MR) is 143 cm³/mol. The number of phenols is 1. The van der Waals surface area contributed by atoms with Crippen LogP contribution in [0.4, 0.5) is 0 Å². The number of Topliss-reactive ketones (excluding diaryl/α,β-unsaturated/α-hetero) is 1. The molecule has 0 aromatic heterocycles. The fraction of sp³-hybridized carbons (Fsp3) is 0.387. The van der Waals surface area contributed by atoms with Crippen LogP contribution in [0.1, 0.15) is 56.6 Å². The van der Waals surface area contributed by atoms with Gasteiger partial charge >= 0.3 is 0 Å². The molecule has 36 heavy (non-hydrogen) atoms. The van der Waals surface area contributed by atoms with Crippen LogP contribution in [0.3, 0.4) is 0 Å². The van der Waals surface area contributed by atoms with Crippen LogP contribution in [0.15, 0.2) is 66.7 Å². The second-order valence-electron chi connectivity index (χ2n) is 9.91. The molecule has 5 nitrogen and oxygen atoms in total. The van der Waals surface area contributed by atoms with Crippen molar-refractivity contribution in [2.75, 3.05) is 7.11 Å². The lowest BCUT2D eigenvalue weighted by atomic mass is 9.80. The number of benzene rings is 3. The number of aliphatic hydroxyl groups is 1. The average Bonchev–Trinajstić information content (AvgIpc) is 2.87. The van der Waals surface area contributed by atoms with E-state index in [2.05, 4.69) is 13.0 Å². The largest absolute Gasteiger partial charge is 0.508 e. The van der Waals surface area contributed by atoms with Crippen molar-refractivity contribution in [3.63, 3.8) is 0 Å². The highest BCUT2D eigenvalue weighted by Crippen LogP contribution is 2.32. The molecule has 0 bridgehead atoms. The average molecular weight is 489 g/mol. The fourth-order valence-corrected chi connectivity index (χ4v) is 4.93. The van der Waals surface area contributed by atoms with Crippen LogP contribution in [0, 0.1) is 5.92 Å². The van der Waals surface area contributed by atoms with E-state index < -0.39 is 5.60 Å². The van der Waals surface area contributed by atoms with E-state index in [1.54, 1.807) is 19.2 Å². The molecule has 0 radical (unpaired) electrons. The highest BCUT2D eigenvalue weighted by Gasteiger charge is 2.30. The van der Waals surface area contributed by atoms with E-state index in [-0.39, 0.29) is 18.0 Å². The van der Waals surface area contributed by atoms with E-state index in [4.69, 9.17) is 9.47 Å². The van der Waals surface area contributed by atoms with Crippen molar-refractivity contribution in [1.29, 1.82) is 0 Å². The lowest BCUT2D eigenvalue weighted by Gasteiger charge is -2.30. The molecule has 0 heterocycles. The van der Waals surface area contributed by atoms with Crippen molar-refractivity contribution in [2.45, 2.75) is 64.1 Å². The number of aryl methyl sites for hydroxylation is 1. The van der Waals surface area contributed by atoms with Crippen molar-refractivity contribution < 1.29 is 24.5 Å². The third kappa shape index (κ3) is 6.67. The first-order chi connectivity index (χ1) is 17.4. The molecular formula is C31H36O5. The molecule has 4 rings (SSSR count). The zero-order valence-corrected chi connectivity index (χ0v) is 21.2. The Kier molecular flexibility index (Phi) is 8.32. The first kappa shape index (κ1) is 25.8. The molecule has 2 N–H and O–H groups in total. The summed E-state index contributed by atoms with van der Waals surface area (Å²) in [6.45, 7) is 2.54. The number of carbonyl (C=O) groups excluding carboxylic acids is 1. The van der Waals surface area contributed by atoms with Crippen LogP contribution in [-0.4, -0.2) is 28.7 Å². The van der Waals surface area contributed by atoms with E-state index in [1.807, 2.05) is 48.5 Å². The van der Waals surface area contributed by atoms with Crippen molar-refractivity contribution in [1.82, 2.24) is 0 Å². The van der Waals surface area contributed by atoms with Crippen LogP contribution in [-0.2, 0) is 17.8 Å². The third-order valence-electron chi connectivity index (χ3n) is 6.99. The van der Waals surface area contributed by atoms with Gasteiger partial charge in [-0.15, -0.1) is 0 Å². The van der Waals surface area contributed by atoms with Gasteiger partial charge in [0, 0.05) is 12.8 Å². The Bertz CT molecular complexity index is 1230. The minimum Gasteiger partial charge on any atom is -0.508 e. The smallest absolute Gasteiger partial charge is 0.161 e. The molecule has 3 aromatic rings. The number of carbonyl (C=O) groups is 1. The summed E-state index contributed by atoms with van der Waals surface area (Å²) in [6.07, 6.45) is 8.91. The minimum atomic E-state index is -1.01. The molecule has 1 aliphatic rings. The van der Waals surface area contributed by atoms with E-state index in [9.17, 15) is 15.0 Å². The van der Waals surface area contributed by atoms with Gasteiger partial charge in [-0.05, 0) is 83.8 Å². The predicted octanol–water partition coefficient (Wildman–Crippen LogP) is 6.52. The SMILES string of the molecule is CCCC1C=CC(O)(CC(=O)CCc2ccc(OC)c(OCc3ccc4cc(O)ccc4c3)c2)CC1. The second-order valence-corrected chi connectivity index (χ2v) is 9.91. The molecule has 190 valence electrons. The van der Waals surface area contributed by atoms with E-state index >= 15 is 0 Å². The Labute approximate surface area is 213 Å². The Morgan fingerprint density at radius 3 is 2.56 bits per heavy atom. The standard InChI is InChI=1S/C31H36O5/c1-3-4-22-13-15-31(34,16-14-22)20-28(33)10-6-23-7-12-29(35-2)30(18-23)36-21-24-5-8-26-19-27(32)11-9-25(26)17-24/h5,7-9,11-13,15,17-19,22,32,34H,3-4,6,10,14,16,20-21H2,1-2H3. The molecule has 1 aliphatic carbocycles. The van der Waals surface area contributed by atoms with Crippen LogP contribution < -0.4 is 9.47 Å². The maximum Gasteiger partial charge on any atom is 0.161 e. The Hall–Kier alpha value is -3.31. The lowest BCUT2D eigenvalue weighted by molar-refractivity contribution is -0.122. The van der Waals surface area contributed by atoms with Gasteiger partial charge in [0.05, 0.1) is 12.7 Å². The van der Waals surface area contributed by atoms with Crippen LogP contribution >= 0.6 is 0 Å². The molecule has 2 unspecified atom stereocenters. The number of aromatic hydroxyl groups is 1. The number of phenolic OH excluding ortho intramolecular Hbond substituents is 1. The Morgan fingerprint density at radius 2 is 1.81 bits per heavy atom. The molecule has 0 spiro atoms. The number of rotatable bonds is 11. The van der Waals surface area contributed by atoms with Crippen molar-refractivity contribution >= 4 is 16.6 Å². The molecule has 2 atom stereocenters. The fourth-order valence-electron chi connectivity index (χ4n) is 4.93. The van der Waals surface area contributed by atoms with Gasteiger partial charge in [-0.25, -0.2) is 0 Å². The highest BCUT2D eigenvalue weighted by atomic mass is 16.5.